The molecule has 3 aromatic rings. The number of imidazole rings is 1. The molecule has 0 fully saturated rings. The highest BCUT2D eigenvalue weighted by atomic mass is 127. The van der Waals surface area contributed by atoms with Crippen LogP contribution >= 0.6 is 33.9 Å². The molecule has 0 aliphatic carbocycles. The molecule has 5 nitrogen and oxygen atoms in total. The molecule has 0 radical (unpaired) electrons. The van der Waals surface area contributed by atoms with Gasteiger partial charge in [-0.15, -0.1) is 0 Å². The number of nitrogens with zero attached hydrogens (tertiary/aromatic N) is 5. The quantitative estimate of drug-likeness (QED) is 0.403. The normalized spacial score (nSPS) is 11.9. The standard InChI is InChI=1S/C20H28IN5S/c1-8-14(9-2)15-10-12(5)24-26-16(13(6)22-19(15)26)17-18(21)23-20(27-17)25(7)11(3)4/h10-11,14H,8-9H2,1-7H3. The minimum absolute atomic E-state index is 0.407. The maximum Gasteiger partial charge on any atom is 0.186 e. The number of halogens is 1. The zero-order valence-electron chi connectivity index (χ0n) is 17.2. The molecule has 7 heteroatoms. The first-order valence-corrected chi connectivity index (χ1v) is 11.4. The van der Waals surface area contributed by atoms with Gasteiger partial charge in [-0.25, -0.2) is 14.5 Å². The maximum absolute atomic E-state index is 4.94. The number of aromatic nitrogens is 4. The van der Waals surface area contributed by atoms with Crippen LogP contribution < -0.4 is 4.90 Å². The van der Waals surface area contributed by atoms with Crippen molar-refractivity contribution in [2.24, 2.45) is 0 Å². The van der Waals surface area contributed by atoms with Crippen molar-refractivity contribution in [3.05, 3.63) is 26.7 Å². The van der Waals surface area contributed by atoms with Crippen LogP contribution in [-0.4, -0.2) is 32.7 Å². The van der Waals surface area contributed by atoms with Gasteiger partial charge in [-0.1, -0.05) is 25.2 Å². The average molecular weight is 497 g/mol. The number of thiazole rings is 1. The van der Waals surface area contributed by atoms with Crippen molar-refractivity contribution in [1.29, 1.82) is 0 Å². The molecule has 0 bridgehead atoms. The highest BCUT2D eigenvalue weighted by Gasteiger charge is 2.24. The molecule has 0 saturated carbocycles. The minimum Gasteiger partial charge on any atom is -0.349 e. The Bertz CT molecular complexity index is 955. The van der Waals surface area contributed by atoms with Crippen molar-refractivity contribution < 1.29 is 0 Å². The molecule has 0 aliphatic rings. The molecule has 3 rings (SSSR count). The van der Waals surface area contributed by atoms with Gasteiger partial charge in [-0.05, 0) is 75.1 Å². The molecule has 3 heterocycles. The molecule has 0 aromatic carbocycles. The van der Waals surface area contributed by atoms with Gasteiger partial charge in [0.15, 0.2) is 10.8 Å². The number of rotatable bonds is 6. The average Bonchev–Trinajstić information content (AvgIpc) is 3.14. The molecule has 0 aliphatic heterocycles. The van der Waals surface area contributed by atoms with Gasteiger partial charge in [0, 0.05) is 18.7 Å². The largest absolute Gasteiger partial charge is 0.349 e. The van der Waals surface area contributed by atoms with Crippen molar-refractivity contribution >= 4 is 44.7 Å². The van der Waals surface area contributed by atoms with E-state index in [1.54, 1.807) is 11.3 Å². The maximum atomic E-state index is 4.94. The first kappa shape index (κ1) is 20.5. The number of hydrogen-bond acceptors (Lipinski definition) is 5. The van der Waals surface area contributed by atoms with Crippen LogP contribution in [0.25, 0.3) is 16.2 Å². The van der Waals surface area contributed by atoms with Gasteiger partial charge in [-0.3, -0.25) is 0 Å². The van der Waals surface area contributed by atoms with Crippen LogP contribution in [0, 0.1) is 17.5 Å². The summed E-state index contributed by atoms with van der Waals surface area (Å²) >= 11 is 4.06. The summed E-state index contributed by atoms with van der Waals surface area (Å²) < 4.78 is 3.06. The van der Waals surface area contributed by atoms with Crippen LogP contribution in [0.1, 0.15) is 63.4 Å². The fraction of sp³-hybridized carbons (Fsp3) is 0.550. The SMILES string of the molecule is CCC(CC)c1cc(C)nn2c(-c3sc(N(C)C(C)C)nc3I)c(C)nc12. The van der Waals surface area contributed by atoms with Crippen molar-refractivity contribution in [2.45, 2.75) is 66.3 Å². The fourth-order valence-electron chi connectivity index (χ4n) is 3.38. The molecular weight excluding hydrogens is 469 g/mol. The van der Waals surface area contributed by atoms with Crippen LogP contribution in [0.4, 0.5) is 5.13 Å². The summed E-state index contributed by atoms with van der Waals surface area (Å²) in [7, 11) is 2.10. The van der Waals surface area contributed by atoms with Crippen LogP contribution in [0.3, 0.4) is 0 Å². The number of aryl methyl sites for hydroxylation is 2. The Morgan fingerprint density at radius 2 is 1.85 bits per heavy atom. The molecule has 0 N–H and O–H groups in total. The smallest absolute Gasteiger partial charge is 0.186 e. The lowest BCUT2D eigenvalue weighted by molar-refractivity contribution is 0.638. The molecular formula is C20H28IN5S. The Labute approximate surface area is 179 Å². The monoisotopic (exact) mass is 497 g/mol. The Balaban J connectivity index is 2.23. The molecule has 0 amide bonds. The summed E-state index contributed by atoms with van der Waals surface area (Å²) in [6.45, 7) is 13.0. The second-order valence-corrected chi connectivity index (χ2v) is 9.36. The Morgan fingerprint density at radius 1 is 1.19 bits per heavy atom. The van der Waals surface area contributed by atoms with E-state index in [9.17, 15) is 0 Å². The third-order valence-electron chi connectivity index (χ3n) is 5.20. The number of hydrogen-bond donors (Lipinski definition) is 0. The molecule has 0 atom stereocenters. The molecule has 0 unspecified atom stereocenters. The van der Waals surface area contributed by atoms with Crippen molar-refractivity contribution in [2.75, 3.05) is 11.9 Å². The zero-order chi connectivity index (χ0) is 19.9. The van der Waals surface area contributed by atoms with Crippen molar-refractivity contribution in [3.8, 4) is 10.6 Å². The third kappa shape index (κ3) is 3.72. The van der Waals surface area contributed by atoms with E-state index in [1.165, 1.54) is 5.56 Å². The van der Waals surface area contributed by atoms with Gasteiger partial charge in [0.25, 0.3) is 0 Å². The van der Waals surface area contributed by atoms with Gasteiger partial charge >= 0.3 is 0 Å². The van der Waals surface area contributed by atoms with Gasteiger partial charge in [0.1, 0.15) is 9.39 Å². The topological polar surface area (TPSA) is 46.3 Å². The van der Waals surface area contributed by atoms with E-state index in [2.05, 4.69) is 82.1 Å². The lowest BCUT2D eigenvalue weighted by Gasteiger charge is -2.19. The Hall–Kier alpha value is -1.22. The van der Waals surface area contributed by atoms with E-state index < -0.39 is 0 Å². The second kappa shape index (κ2) is 8.03. The fourth-order valence-corrected chi connectivity index (χ4v) is 5.49. The lowest BCUT2D eigenvalue weighted by Crippen LogP contribution is -2.25. The van der Waals surface area contributed by atoms with E-state index in [-0.39, 0.29) is 0 Å². The second-order valence-electron chi connectivity index (χ2n) is 7.36. The predicted molar refractivity (Wildman–Crippen MR) is 123 cm³/mol. The van der Waals surface area contributed by atoms with E-state index in [0.29, 0.717) is 12.0 Å². The third-order valence-corrected chi connectivity index (χ3v) is 7.50. The lowest BCUT2D eigenvalue weighted by atomic mass is 9.95. The molecule has 146 valence electrons. The van der Waals surface area contributed by atoms with E-state index in [0.717, 1.165) is 49.3 Å². The summed E-state index contributed by atoms with van der Waals surface area (Å²) in [4.78, 5) is 13.1. The molecule has 27 heavy (non-hydrogen) atoms. The van der Waals surface area contributed by atoms with Crippen LogP contribution in [0.2, 0.25) is 0 Å². The molecule has 3 aromatic heterocycles. The predicted octanol–water partition coefficient (Wildman–Crippen LogP) is 5.82. The Morgan fingerprint density at radius 3 is 2.44 bits per heavy atom. The molecule has 0 saturated heterocycles. The van der Waals surface area contributed by atoms with Crippen LogP contribution in [0.15, 0.2) is 6.07 Å². The van der Waals surface area contributed by atoms with Crippen LogP contribution in [-0.2, 0) is 0 Å². The summed E-state index contributed by atoms with van der Waals surface area (Å²) in [5.41, 5.74) is 5.42. The first-order valence-electron chi connectivity index (χ1n) is 9.54. The summed E-state index contributed by atoms with van der Waals surface area (Å²) in [5.74, 6) is 0.506. The molecule has 0 spiro atoms. The minimum atomic E-state index is 0.407. The zero-order valence-corrected chi connectivity index (χ0v) is 20.1. The van der Waals surface area contributed by atoms with E-state index in [1.807, 2.05) is 4.52 Å². The number of anilines is 1. The van der Waals surface area contributed by atoms with Gasteiger partial charge in [0.05, 0.1) is 16.3 Å². The first-order chi connectivity index (χ1) is 12.8. The highest BCUT2D eigenvalue weighted by Crippen LogP contribution is 2.39. The van der Waals surface area contributed by atoms with Gasteiger partial charge in [-0.2, -0.15) is 5.10 Å². The van der Waals surface area contributed by atoms with E-state index >= 15 is 0 Å². The summed E-state index contributed by atoms with van der Waals surface area (Å²) in [6.07, 6.45) is 2.22. The number of fused-ring (bicyclic) bond motifs is 1. The van der Waals surface area contributed by atoms with Gasteiger partial charge < -0.3 is 4.90 Å². The van der Waals surface area contributed by atoms with Crippen molar-refractivity contribution in [3.63, 3.8) is 0 Å². The Kier molecular flexibility index (Phi) is 6.10. The van der Waals surface area contributed by atoms with E-state index in [4.69, 9.17) is 15.1 Å². The highest BCUT2D eigenvalue weighted by molar-refractivity contribution is 14.1. The summed E-state index contributed by atoms with van der Waals surface area (Å²) in [5, 5.41) is 5.86. The van der Waals surface area contributed by atoms with Gasteiger partial charge in [0.2, 0.25) is 0 Å². The summed E-state index contributed by atoms with van der Waals surface area (Å²) in [6, 6.07) is 2.61. The van der Waals surface area contributed by atoms with Crippen LogP contribution in [0.5, 0.6) is 0 Å². The van der Waals surface area contributed by atoms with Crippen molar-refractivity contribution in [1.82, 2.24) is 19.6 Å².